The van der Waals surface area contributed by atoms with Crippen LogP contribution in [0.2, 0.25) is 5.02 Å². The SMILES string of the molecule is Cc1cc2cc(C(=O)c3cnn(-c4cnc(Oc5ccccc5Cl)cc4C)c3N)[nH]c2cc1NSN1CCOCC1. The number of ketones is 1. The Hall–Kier alpha value is -4.03. The van der Waals surface area contributed by atoms with Crippen molar-refractivity contribution in [2.45, 2.75) is 13.8 Å². The van der Waals surface area contributed by atoms with Crippen molar-refractivity contribution >= 4 is 51.9 Å². The molecule has 1 saturated heterocycles. The number of rotatable bonds is 8. The van der Waals surface area contributed by atoms with Gasteiger partial charge in [0.15, 0.2) is 0 Å². The zero-order valence-electron chi connectivity index (χ0n) is 22.5. The zero-order valence-corrected chi connectivity index (χ0v) is 24.1. The number of aromatic amines is 1. The van der Waals surface area contributed by atoms with Crippen molar-refractivity contribution in [1.82, 2.24) is 24.1 Å². The first-order valence-corrected chi connectivity index (χ1v) is 14.2. The summed E-state index contributed by atoms with van der Waals surface area (Å²) in [4.78, 5) is 21.2. The second-order valence-electron chi connectivity index (χ2n) is 9.70. The van der Waals surface area contributed by atoms with Gasteiger partial charge in [-0.25, -0.2) is 14.0 Å². The van der Waals surface area contributed by atoms with E-state index in [0.29, 0.717) is 33.6 Å². The molecule has 12 heteroatoms. The molecule has 6 rings (SSSR count). The van der Waals surface area contributed by atoms with E-state index in [1.807, 2.05) is 38.1 Å². The van der Waals surface area contributed by atoms with Gasteiger partial charge in [-0.15, -0.1) is 0 Å². The zero-order chi connectivity index (χ0) is 28.5. The highest BCUT2D eigenvalue weighted by molar-refractivity contribution is 7.98. The monoisotopic (exact) mass is 589 g/mol. The number of halogens is 1. The smallest absolute Gasteiger partial charge is 0.219 e. The van der Waals surface area contributed by atoms with Crippen LogP contribution in [0.1, 0.15) is 27.2 Å². The molecule has 5 aromatic rings. The number of pyridine rings is 1. The number of hydrogen-bond donors (Lipinski definition) is 3. The van der Waals surface area contributed by atoms with Gasteiger partial charge in [-0.3, -0.25) is 4.79 Å². The number of nitrogens with two attached hydrogens (primary N) is 1. The lowest BCUT2D eigenvalue weighted by Gasteiger charge is -2.25. The van der Waals surface area contributed by atoms with E-state index < -0.39 is 0 Å². The first-order chi connectivity index (χ1) is 19.9. The fourth-order valence-electron chi connectivity index (χ4n) is 4.59. The average molecular weight is 590 g/mol. The molecular formula is C29H28ClN7O3S. The number of nitrogen functional groups attached to an aromatic ring is 1. The van der Waals surface area contributed by atoms with Crippen LogP contribution in [0, 0.1) is 13.8 Å². The Morgan fingerprint density at radius 3 is 2.71 bits per heavy atom. The molecule has 3 aromatic heterocycles. The molecule has 2 aromatic carbocycles. The summed E-state index contributed by atoms with van der Waals surface area (Å²) in [6.07, 6.45) is 3.09. The predicted octanol–water partition coefficient (Wildman–Crippen LogP) is 5.93. The number of morpholine rings is 1. The number of aromatic nitrogens is 4. The number of benzene rings is 2. The molecule has 1 aliphatic heterocycles. The van der Waals surface area contributed by atoms with Crippen LogP contribution in [-0.4, -0.2) is 56.1 Å². The van der Waals surface area contributed by atoms with Gasteiger partial charge in [0.05, 0.1) is 53.3 Å². The lowest BCUT2D eigenvalue weighted by atomic mass is 10.1. The molecule has 0 radical (unpaired) electrons. The third-order valence-corrected chi connectivity index (χ3v) is 8.10. The Kier molecular flexibility index (Phi) is 7.59. The van der Waals surface area contributed by atoms with E-state index in [4.69, 9.17) is 26.8 Å². The minimum Gasteiger partial charge on any atom is -0.437 e. The molecule has 10 nitrogen and oxygen atoms in total. The highest BCUT2D eigenvalue weighted by Gasteiger charge is 2.21. The summed E-state index contributed by atoms with van der Waals surface area (Å²) in [7, 11) is 0. The Morgan fingerprint density at radius 1 is 1.12 bits per heavy atom. The van der Waals surface area contributed by atoms with Gasteiger partial charge in [0.25, 0.3) is 0 Å². The van der Waals surface area contributed by atoms with Crippen LogP contribution in [0.4, 0.5) is 11.5 Å². The van der Waals surface area contributed by atoms with Crippen molar-refractivity contribution in [3.63, 3.8) is 0 Å². The van der Waals surface area contributed by atoms with Crippen LogP contribution >= 0.6 is 23.7 Å². The van der Waals surface area contributed by atoms with Crippen LogP contribution in [0.3, 0.4) is 0 Å². The van der Waals surface area contributed by atoms with Gasteiger partial charge in [-0.2, -0.15) is 5.10 Å². The molecule has 4 N–H and O–H groups in total. The summed E-state index contributed by atoms with van der Waals surface area (Å²) in [5.41, 5.74) is 11.5. The van der Waals surface area contributed by atoms with Gasteiger partial charge >= 0.3 is 0 Å². The summed E-state index contributed by atoms with van der Waals surface area (Å²) in [6, 6.07) is 14.9. The number of carbonyl (C=O) groups excluding carboxylic acids is 1. The van der Waals surface area contributed by atoms with Crippen LogP contribution in [0.25, 0.3) is 16.6 Å². The van der Waals surface area contributed by atoms with E-state index in [9.17, 15) is 4.79 Å². The third-order valence-electron chi connectivity index (χ3n) is 6.85. The average Bonchev–Trinajstić information content (AvgIpc) is 3.56. The van der Waals surface area contributed by atoms with Crippen molar-refractivity contribution in [3.8, 4) is 17.3 Å². The molecular weight excluding hydrogens is 562 g/mol. The van der Waals surface area contributed by atoms with Gasteiger partial charge in [0, 0.05) is 42.2 Å². The molecule has 0 unspecified atom stereocenters. The number of hydrogen-bond acceptors (Lipinski definition) is 9. The minimum absolute atomic E-state index is 0.221. The number of ether oxygens (including phenoxy) is 2. The van der Waals surface area contributed by atoms with Crippen LogP contribution < -0.4 is 15.2 Å². The lowest BCUT2D eigenvalue weighted by molar-refractivity contribution is 0.0775. The maximum Gasteiger partial charge on any atom is 0.219 e. The summed E-state index contributed by atoms with van der Waals surface area (Å²) in [5, 5.41) is 5.83. The molecule has 0 atom stereocenters. The number of aryl methyl sites for hydroxylation is 2. The summed E-state index contributed by atoms with van der Waals surface area (Å²) >= 11 is 7.77. The van der Waals surface area contributed by atoms with Crippen LogP contribution in [0.5, 0.6) is 11.6 Å². The third kappa shape index (κ3) is 5.62. The first kappa shape index (κ1) is 27.2. The van der Waals surface area contributed by atoms with Gasteiger partial charge in [-0.1, -0.05) is 23.7 Å². The summed E-state index contributed by atoms with van der Waals surface area (Å²) in [5.74, 6) is 0.863. The highest BCUT2D eigenvalue weighted by Crippen LogP contribution is 2.31. The van der Waals surface area contributed by atoms with E-state index in [-0.39, 0.29) is 11.6 Å². The number of fused-ring (bicyclic) bond motifs is 1. The van der Waals surface area contributed by atoms with E-state index in [1.165, 1.54) is 10.9 Å². The van der Waals surface area contributed by atoms with Gasteiger partial charge in [0.1, 0.15) is 11.6 Å². The molecule has 1 aliphatic rings. The molecule has 0 saturated carbocycles. The second-order valence-corrected chi connectivity index (χ2v) is 11.0. The normalized spacial score (nSPS) is 13.9. The topological polar surface area (TPSA) is 123 Å². The van der Waals surface area contributed by atoms with E-state index >= 15 is 0 Å². The Morgan fingerprint density at radius 2 is 1.93 bits per heavy atom. The molecule has 41 heavy (non-hydrogen) atoms. The van der Waals surface area contributed by atoms with E-state index in [2.05, 4.69) is 30.2 Å². The first-order valence-electron chi connectivity index (χ1n) is 13.0. The predicted molar refractivity (Wildman–Crippen MR) is 162 cm³/mol. The van der Waals surface area contributed by atoms with Crippen molar-refractivity contribution < 1.29 is 14.3 Å². The van der Waals surface area contributed by atoms with Gasteiger partial charge in [0.2, 0.25) is 11.7 Å². The van der Waals surface area contributed by atoms with Crippen molar-refractivity contribution in [1.29, 1.82) is 0 Å². The molecule has 0 bridgehead atoms. The number of H-pyrrole nitrogens is 1. The second kappa shape index (κ2) is 11.5. The van der Waals surface area contributed by atoms with E-state index in [0.717, 1.165) is 54.0 Å². The molecule has 4 heterocycles. The van der Waals surface area contributed by atoms with E-state index in [1.54, 1.807) is 36.5 Å². The fraction of sp³-hybridized carbons (Fsp3) is 0.207. The number of nitrogens with one attached hydrogen (secondary N) is 2. The Bertz CT molecular complexity index is 1750. The van der Waals surface area contributed by atoms with Crippen molar-refractivity contribution in [3.05, 3.63) is 88.3 Å². The van der Waals surface area contributed by atoms with Gasteiger partial charge in [-0.05, 0) is 55.3 Å². The molecule has 210 valence electrons. The van der Waals surface area contributed by atoms with Crippen LogP contribution in [-0.2, 0) is 4.74 Å². The summed E-state index contributed by atoms with van der Waals surface area (Å²) in [6.45, 7) is 7.12. The largest absolute Gasteiger partial charge is 0.437 e. The number of anilines is 2. The Labute approximate surface area is 246 Å². The Balaban J connectivity index is 1.21. The molecule has 0 amide bonds. The molecule has 0 spiro atoms. The van der Waals surface area contributed by atoms with Crippen molar-refractivity contribution in [2.24, 2.45) is 0 Å². The minimum atomic E-state index is -0.246. The molecule has 0 aliphatic carbocycles. The number of para-hydroxylation sites is 1. The van der Waals surface area contributed by atoms with Crippen molar-refractivity contribution in [2.75, 3.05) is 36.8 Å². The number of carbonyl (C=O) groups is 1. The lowest BCUT2D eigenvalue weighted by Crippen LogP contribution is -2.32. The summed E-state index contributed by atoms with van der Waals surface area (Å²) < 4.78 is 18.4. The fourth-order valence-corrected chi connectivity index (χ4v) is 5.54. The number of nitrogens with zero attached hydrogens (tertiary/aromatic N) is 4. The van der Waals surface area contributed by atoms with Crippen LogP contribution in [0.15, 0.2) is 60.9 Å². The highest BCUT2D eigenvalue weighted by atomic mass is 35.5. The maximum absolute atomic E-state index is 13.5. The quantitative estimate of drug-likeness (QED) is 0.149. The maximum atomic E-state index is 13.5. The standard InChI is InChI=1S/C29H28ClN7O3S/c1-17-11-19-13-24(34-23(19)14-22(17)35-41-36-7-9-39-10-8-36)28(38)20-15-33-37(29(20)31)25-16-32-27(12-18(25)2)40-26-6-4-3-5-21(26)30/h3-6,11-16,34-35H,7-10,31H2,1-2H3. The molecule has 1 fully saturated rings. The van der Waals surface area contributed by atoms with Gasteiger partial charge < -0.3 is 24.9 Å².